The fraction of sp³-hybridized carbons (Fsp3) is 0.158. The number of aryl methyl sites for hydroxylation is 1. The van der Waals surface area contributed by atoms with Gasteiger partial charge in [-0.2, -0.15) is 4.98 Å². The molecule has 0 amide bonds. The van der Waals surface area contributed by atoms with Crippen LogP contribution in [0.15, 0.2) is 54.9 Å². The molecular weight excluding hydrogens is 348 g/mol. The van der Waals surface area contributed by atoms with Gasteiger partial charge in [-0.15, -0.1) is 0 Å². The van der Waals surface area contributed by atoms with Crippen LogP contribution >= 0.6 is 0 Å². The zero-order valence-electron chi connectivity index (χ0n) is 14.9. The van der Waals surface area contributed by atoms with E-state index in [0.717, 1.165) is 12.0 Å². The maximum atomic E-state index is 11.6. The second-order valence-electron chi connectivity index (χ2n) is 5.59. The Morgan fingerprint density at radius 1 is 1.04 bits per heavy atom. The first-order chi connectivity index (χ1) is 13.1. The number of nitrogens with zero attached hydrogens (tertiary/aromatic N) is 3. The minimum Gasteiger partial charge on any atom is -0.497 e. The van der Waals surface area contributed by atoms with Crippen LogP contribution < -0.4 is 14.8 Å². The molecule has 0 bridgehead atoms. The maximum Gasteiger partial charge on any atom is 0.373 e. The van der Waals surface area contributed by atoms with Crippen LogP contribution in [0.1, 0.15) is 12.5 Å². The van der Waals surface area contributed by atoms with Gasteiger partial charge in [-0.05, 0) is 48.4 Å². The minimum absolute atomic E-state index is 0.0420. The Morgan fingerprint density at radius 2 is 1.70 bits per heavy atom. The Hall–Kier alpha value is -3.68. The summed E-state index contributed by atoms with van der Waals surface area (Å²) in [5.41, 5.74) is 1.42. The molecule has 0 fully saturated rings. The molecule has 0 aliphatic carbocycles. The van der Waals surface area contributed by atoms with E-state index in [1.807, 2.05) is 19.1 Å². The quantitative estimate of drug-likeness (QED) is 0.486. The van der Waals surface area contributed by atoms with E-state index in [-0.39, 0.29) is 17.4 Å². The molecule has 8 heteroatoms. The Kier molecular flexibility index (Phi) is 5.46. The third kappa shape index (κ3) is 4.30. The number of ether oxygens (including phenoxy) is 2. The van der Waals surface area contributed by atoms with Gasteiger partial charge in [-0.1, -0.05) is 19.1 Å². The lowest BCUT2D eigenvalue weighted by molar-refractivity contribution is -0.385. The lowest BCUT2D eigenvalue weighted by Crippen LogP contribution is -2.03. The van der Waals surface area contributed by atoms with E-state index in [0.29, 0.717) is 17.2 Å². The van der Waals surface area contributed by atoms with Crippen molar-refractivity contribution in [3.63, 3.8) is 0 Å². The highest BCUT2D eigenvalue weighted by Gasteiger charge is 2.25. The summed E-state index contributed by atoms with van der Waals surface area (Å²) in [6, 6.07) is 14.2. The van der Waals surface area contributed by atoms with Crippen LogP contribution in [0, 0.1) is 10.1 Å². The van der Waals surface area contributed by atoms with Crippen LogP contribution in [0.3, 0.4) is 0 Å². The van der Waals surface area contributed by atoms with Crippen molar-refractivity contribution in [2.45, 2.75) is 13.3 Å². The molecule has 0 saturated heterocycles. The van der Waals surface area contributed by atoms with Crippen LogP contribution in [-0.4, -0.2) is 22.0 Å². The molecule has 138 valence electrons. The van der Waals surface area contributed by atoms with E-state index < -0.39 is 4.92 Å². The van der Waals surface area contributed by atoms with Crippen molar-refractivity contribution >= 4 is 17.2 Å². The van der Waals surface area contributed by atoms with Crippen molar-refractivity contribution in [1.82, 2.24) is 9.97 Å². The van der Waals surface area contributed by atoms with Crippen molar-refractivity contribution in [1.29, 1.82) is 0 Å². The molecular formula is C19H18N4O4. The molecule has 2 aromatic carbocycles. The molecule has 3 aromatic rings. The summed E-state index contributed by atoms with van der Waals surface area (Å²) in [5.74, 6) is 1.05. The van der Waals surface area contributed by atoms with Gasteiger partial charge in [0.05, 0.1) is 12.0 Å². The average molecular weight is 366 g/mol. The number of rotatable bonds is 7. The highest BCUT2D eigenvalue weighted by molar-refractivity contribution is 5.69. The molecule has 0 aliphatic rings. The zero-order valence-corrected chi connectivity index (χ0v) is 14.9. The second kappa shape index (κ2) is 8.13. The fourth-order valence-corrected chi connectivity index (χ4v) is 2.41. The highest BCUT2D eigenvalue weighted by atomic mass is 16.6. The van der Waals surface area contributed by atoms with Gasteiger partial charge in [0.25, 0.3) is 0 Å². The van der Waals surface area contributed by atoms with Crippen LogP contribution in [0.5, 0.6) is 17.4 Å². The molecule has 0 saturated carbocycles. The van der Waals surface area contributed by atoms with Crippen molar-refractivity contribution < 1.29 is 14.4 Å². The van der Waals surface area contributed by atoms with Crippen LogP contribution in [0.4, 0.5) is 17.2 Å². The third-order valence-electron chi connectivity index (χ3n) is 3.87. The Morgan fingerprint density at radius 3 is 2.30 bits per heavy atom. The Labute approximate surface area is 156 Å². The number of benzene rings is 2. The van der Waals surface area contributed by atoms with Crippen molar-refractivity contribution in [3.8, 4) is 17.4 Å². The van der Waals surface area contributed by atoms with Gasteiger partial charge < -0.3 is 14.8 Å². The monoisotopic (exact) mass is 366 g/mol. The summed E-state index contributed by atoms with van der Waals surface area (Å²) in [6.45, 7) is 2.04. The third-order valence-corrected chi connectivity index (χ3v) is 3.87. The lowest BCUT2D eigenvalue weighted by atomic mass is 10.2. The Bertz CT molecular complexity index is 860. The van der Waals surface area contributed by atoms with Gasteiger partial charge in [0.15, 0.2) is 0 Å². The lowest BCUT2D eigenvalue weighted by Gasteiger charge is -2.10. The molecule has 1 aromatic heterocycles. The SMILES string of the molecule is CCc1ccc(Oc2ncnc(Nc3ccc(OC)cc3)c2[N+](=O)[O-])cc1. The highest BCUT2D eigenvalue weighted by Crippen LogP contribution is 2.35. The summed E-state index contributed by atoms with van der Waals surface area (Å²) in [7, 11) is 1.56. The molecule has 0 aliphatic heterocycles. The van der Waals surface area contributed by atoms with Crippen LogP contribution in [0.2, 0.25) is 0 Å². The molecule has 8 nitrogen and oxygen atoms in total. The standard InChI is InChI=1S/C19H18N4O4/c1-3-13-4-8-16(9-5-13)27-19-17(23(24)25)18(20-12-21-19)22-14-6-10-15(26-2)11-7-14/h4-12H,3H2,1-2H3,(H,20,21,22). The largest absolute Gasteiger partial charge is 0.497 e. The summed E-state index contributed by atoms with van der Waals surface area (Å²) in [6.07, 6.45) is 2.11. The van der Waals surface area contributed by atoms with Crippen LogP contribution in [0.25, 0.3) is 0 Å². The molecule has 0 atom stereocenters. The predicted octanol–water partition coefficient (Wildman–Crippen LogP) is 4.49. The fourth-order valence-electron chi connectivity index (χ4n) is 2.41. The molecule has 27 heavy (non-hydrogen) atoms. The van der Waals surface area contributed by atoms with E-state index in [4.69, 9.17) is 9.47 Å². The van der Waals surface area contributed by atoms with Gasteiger partial charge in [0.1, 0.15) is 17.8 Å². The molecule has 0 spiro atoms. The van der Waals surface area contributed by atoms with E-state index in [1.165, 1.54) is 6.33 Å². The molecule has 0 unspecified atom stereocenters. The smallest absolute Gasteiger partial charge is 0.373 e. The number of hydrogen-bond acceptors (Lipinski definition) is 7. The number of nitro groups is 1. The summed E-state index contributed by atoms with van der Waals surface area (Å²) in [5, 5.41) is 14.5. The molecule has 1 heterocycles. The average Bonchev–Trinajstić information content (AvgIpc) is 2.69. The van der Waals surface area contributed by atoms with Gasteiger partial charge in [-0.3, -0.25) is 10.1 Å². The van der Waals surface area contributed by atoms with Gasteiger partial charge in [0, 0.05) is 5.69 Å². The summed E-state index contributed by atoms with van der Waals surface area (Å²) in [4.78, 5) is 19.0. The van der Waals surface area contributed by atoms with Crippen molar-refractivity contribution in [2.75, 3.05) is 12.4 Å². The number of aromatic nitrogens is 2. The van der Waals surface area contributed by atoms with Crippen molar-refractivity contribution in [3.05, 3.63) is 70.5 Å². The second-order valence-corrected chi connectivity index (χ2v) is 5.59. The topological polar surface area (TPSA) is 99.4 Å². The molecule has 3 rings (SSSR count). The van der Waals surface area contributed by atoms with Crippen molar-refractivity contribution in [2.24, 2.45) is 0 Å². The summed E-state index contributed by atoms with van der Waals surface area (Å²) < 4.78 is 10.7. The minimum atomic E-state index is -0.568. The number of nitrogens with one attached hydrogen (secondary N) is 1. The molecule has 0 radical (unpaired) electrons. The van der Waals surface area contributed by atoms with Crippen LogP contribution in [-0.2, 0) is 6.42 Å². The maximum absolute atomic E-state index is 11.6. The molecule has 1 N–H and O–H groups in total. The normalized spacial score (nSPS) is 10.3. The predicted molar refractivity (Wildman–Crippen MR) is 101 cm³/mol. The zero-order chi connectivity index (χ0) is 19.2. The summed E-state index contributed by atoms with van der Waals surface area (Å²) >= 11 is 0. The number of methoxy groups -OCH3 is 1. The van der Waals surface area contributed by atoms with Gasteiger partial charge >= 0.3 is 11.6 Å². The Balaban J connectivity index is 1.90. The first-order valence-corrected chi connectivity index (χ1v) is 8.28. The van der Waals surface area contributed by atoms with E-state index >= 15 is 0 Å². The van der Waals surface area contributed by atoms with Gasteiger partial charge in [-0.25, -0.2) is 4.98 Å². The van der Waals surface area contributed by atoms with E-state index in [9.17, 15) is 10.1 Å². The number of hydrogen-bond donors (Lipinski definition) is 1. The first kappa shape index (κ1) is 18.1. The number of anilines is 2. The first-order valence-electron chi connectivity index (χ1n) is 8.28. The van der Waals surface area contributed by atoms with E-state index in [2.05, 4.69) is 15.3 Å². The van der Waals surface area contributed by atoms with E-state index in [1.54, 1.807) is 43.5 Å². The van der Waals surface area contributed by atoms with Gasteiger partial charge in [0.2, 0.25) is 5.82 Å².